The molecule has 0 saturated carbocycles. The van der Waals surface area contributed by atoms with Crippen LogP contribution in [-0.2, 0) is 19.6 Å². The van der Waals surface area contributed by atoms with Crippen LogP contribution in [0, 0.1) is 5.82 Å². The fourth-order valence-corrected chi connectivity index (χ4v) is 2.90. The molecule has 0 unspecified atom stereocenters. The van der Waals surface area contributed by atoms with E-state index in [2.05, 4.69) is 5.32 Å². The highest BCUT2D eigenvalue weighted by atomic mass is 35.5. The maximum absolute atomic E-state index is 13.0. The molecule has 0 aliphatic heterocycles. The van der Waals surface area contributed by atoms with E-state index >= 15 is 0 Å². The smallest absolute Gasteiger partial charge is 0.338 e. The fraction of sp³-hybridized carbons (Fsp3) is 0.0667. The van der Waals surface area contributed by atoms with E-state index in [4.69, 9.17) is 21.5 Å². The molecule has 25 heavy (non-hydrogen) atoms. The van der Waals surface area contributed by atoms with Gasteiger partial charge in [-0.05, 0) is 36.4 Å². The van der Waals surface area contributed by atoms with Crippen LogP contribution in [0.15, 0.2) is 47.4 Å². The van der Waals surface area contributed by atoms with Crippen LogP contribution in [0.2, 0.25) is 5.02 Å². The van der Waals surface area contributed by atoms with Crippen molar-refractivity contribution in [3.8, 4) is 0 Å². The van der Waals surface area contributed by atoms with Crippen LogP contribution >= 0.6 is 11.6 Å². The third kappa shape index (κ3) is 5.24. The zero-order chi connectivity index (χ0) is 18.6. The third-order valence-corrected chi connectivity index (χ3v) is 4.31. The average molecular weight is 387 g/mol. The van der Waals surface area contributed by atoms with Gasteiger partial charge in [0.2, 0.25) is 10.0 Å². The van der Waals surface area contributed by atoms with E-state index < -0.39 is 39.2 Å². The molecule has 0 fully saturated rings. The van der Waals surface area contributed by atoms with Crippen molar-refractivity contribution in [3.63, 3.8) is 0 Å². The van der Waals surface area contributed by atoms with Crippen molar-refractivity contribution in [3.05, 3.63) is 58.9 Å². The summed E-state index contributed by atoms with van der Waals surface area (Å²) in [6.07, 6.45) is 0. The lowest BCUT2D eigenvalue weighted by molar-refractivity contribution is -0.119. The molecule has 0 heterocycles. The number of rotatable bonds is 5. The zero-order valence-electron chi connectivity index (χ0n) is 12.5. The lowest BCUT2D eigenvalue weighted by Crippen LogP contribution is -2.21. The Morgan fingerprint density at radius 3 is 2.56 bits per heavy atom. The number of amides is 1. The molecule has 3 N–H and O–H groups in total. The van der Waals surface area contributed by atoms with Crippen molar-refractivity contribution in [2.24, 2.45) is 5.14 Å². The van der Waals surface area contributed by atoms with E-state index in [9.17, 15) is 22.4 Å². The van der Waals surface area contributed by atoms with Crippen molar-refractivity contribution in [2.45, 2.75) is 4.90 Å². The van der Waals surface area contributed by atoms with Crippen LogP contribution in [-0.4, -0.2) is 26.9 Å². The number of anilines is 1. The van der Waals surface area contributed by atoms with Gasteiger partial charge in [-0.1, -0.05) is 17.7 Å². The Labute approximate surface area is 147 Å². The summed E-state index contributed by atoms with van der Waals surface area (Å²) in [7, 11) is -4.12. The highest BCUT2D eigenvalue weighted by Crippen LogP contribution is 2.21. The van der Waals surface area contributed by atoms with Crippen molar-refractivity contribution in [1.29, 1.82) is 0 Å². The van der Waals surface area contributed by atoms with Gasteiger partial charge in [-0.3, -0.25) is 4.79 Å². The predicted molar refractivity (Wildman–Crippen MR) is 88.1 cm³/mol. The molecule has 1 amide bonds. The normalized spacial score (nSPS) is 11.0. The molecule has 0 aromatic heterocycles. The van der Waals surface area contributed by atoms with E-state index in [1.54, 1.807) is 0 Å². The molecule has 0 aliphatic rings. The van der Waals surface area contributed by atoms with Crippen LogP contribution in [0.25, 0.3) is 0 Å². The summed E-state index contributed by atoms with van der Waals surface area (Å²) in [5.74, 6) is -2.18. The van der Waals surface area contributed by atoms with Gasteiger partial charge < -0.3 is 10.1 Å². The number of esters is 1. The van der Waals surface area contributed by atoms with Crippen molar-refractivity contribution in [1.82, 2.24) is 0 Å². The highest BCUT2D eigenvalue weighted by molar-refractivity contribution is 7.89. The Kier molecular flexibility index (Phi) is 5.73. The Morgan fingerprint density at radius 1 is 1.20 bits per heavy atom. The molecule has 2 rings (SSSR count). The topological polar surface area (TPSA) is 116 Å². The van der Waals surface area contributed by atoms with Gasteiger partial charge in [-0.2, -0.15) is 0 Å². The number of nitrogens with two attached hydrogens (primary N) is 1. The summed E-state index contributed by atoms with van der Waals surface area (Å²) in [5, 5.41) is 7.18. The second kappa shape index (κ2) is 7.60. The molecule has 0 bridgehead atoms. The fourth-order valence-electron chi connectivity index (χ4n) is 1.83. The zero-order valence-corrected chi connectivity index (χ0v) is 14.1. The van der Waals surface area contributed by atoms with Gasteiger partial charge in [0.1, 0.15) is 10.7 Å². The van der Waals surface area contributed by atoms with Crippen LogP contribution < -0.4 is 10.5 Å². The van der Waals surface area contributed by atoms with E-state index in [0.29, 0.717) is 0 Å². The van der Waals surface area contributed by atoms with Crippen LogP contribution in [0.4, 0.5) is 10.1 Å². The predicted octanol–water partition coefficient (Wildman–Crippen LogP) is 1.92. The molecule has 7 nitrogen and oxygen atoms in total. The van der Waals surface area contributed by atoms with Crippen molar-refractivity contribution in [2.75, 3.05) is 11.9 Å². The number of hydrogen-bond donors (Lipinski definition) is 2. The Bertz CT molecular complexity index is 933. The summed E-state index contributed by atoms with van der Waals surface area (Å²) in [6, 6.07) is 8.51. The van der Waals surface area contributed by atoms with Gasteiger partial charge in [-0.15, -0.1) is 0 Å². The van der Waals surface area contributed by atoms with Crippen molar-refractivity contribution >= 4 is 39.2 Å². The number of hydrogen-bond acceptors (Lipinski definition) is 5. The second-order valence-corrected chi connectivity index (χ2v) is 6.76. The SMILES string of the molecule is NS(=O)(=O)c1cc(C(=O)OCC(=O)Nc2cccc(F)c2)ccc1Cl. The van der Waals surface area contributed by atoms with Gasteiger partial charge in [0.05, 0.1) is 10.6 Å². The minimum Gasteiger partial charge on any atom is -0.452 e. The van der Waals surface area contributed by atoms with Crippen LogP contribution in [0.3, 0.4) is 0 Å². The Hall–Kier alpha value is -2.49. The number of benzene rings is 2. The molecule has 0 spiro atoms. The number of halogens is 2. The number of ether oxygens (including phenoxy) is 1. The molecule has 0 atom stereocenters. The first-order valence-electron chi connectivity index (χ1n) is 6.72. The van der Waals surface area contributed by atoms with Crippen molar-refractivity contribution < 1.29 is 27.1 Å². The van der Waals surface area contributed by atoms with E-state index in [1.807, 2.05) is 0 Å². The summed E-state index contributed by atoms with van der Waals surface area (Å²) >= 11 is 5.71. The summed E-state index contributed by atoms with van der Waals surface area (Å²) in [4.78, 5) is 23.2. The molecule has 0 radical (unpaired) electrons. The lowest BCUT2D eigenvalue weighted by atomic mass is 10.2. The summed E-state index contributed by atoms with van der Waals surface area (Å²) < 4.78 is 40.5. The molecule has 2 aromatic carbocycles. The summed E-state index contributed by atoms with van der Waals surface area (Å²) in [5.41, 5.74) is 0.0519. The first-order chi connectivity index (χ1) is 11.7. The number of carbonyl (C=O) groups is 2. The number of carbonyl (C=O) groups excluding carboxylic acids is 2. The minimum atomic E-state index is -4.12. The first-order valence-corrected chi connectivity index (χ1v) is 8.64. The van der Waals surface area contributed by atoms with Gasteiger partial charge in [0, 0.05) is 5.69 Å². The second-order valence-electron chi connectivity index (χ2n) is 4.82. The Morgan fingerprint density at radius 2 is 1.92 bits per heavy atom. The highest BCUT2D eigenvalue weighted by Gasteiger charge is 2.18. The number of nitrogens with one attached hydrogen (secondary N) is 1. The maximum Gasteiger partial charge on any atom is 0.338 e. The molecule has 2 aromatic rings. The Balaban J connectivity index is 2.02. The minimum absolute atomic E-state index is 0.146. The first kappa shape index (κ1) is 18.8. The largest absolute Gasteiger partial charge is 0.452 e. The van der Waals surface area contributed by atoms with Gasteiger partial charge in [0.15, 0.2) is 6.61 Å². The molecule has 0 aliphatic carbocycles. The van der Waals surface area contributed by atoms with Crippen LogP contribution in [0.1, 0.15) is 10.4 Å². The van der Waals surface area contributed by atoms with Gasteiger partial charge >= 0.3 is 5.97 Å². The number of primary sulfonamides is 1. The quantitative estimate of drug-likeness (QED) is 0.761. The van der Waals surface area contributed by atoms with E-state index in [0.717, 1.165) is 12.1 Å². The average Bonchev–Trinajstić information content (AvgIpc) is 2.52. The molecule has 10 heteroatoms. The monoisotopic (exact) mass is 386 g/mol. The molecule has 132 valence electrons. The standard InChI is InChI=1S/C15H12ClFN2O5S/c16-12-5-4-9(6-13(12)25(18,22)23)15(21)24-8-14(20)19-11-3-1-2-10(17)7-11/h1-7H,8H2,(H,19,20)(H2,18,22,23). The third-order valence-electron chi connectivity index (χ3n) is 2.92. The molecular formula is C15H12ClFN2O5S. The van der Waals surface area contributed by atoms with E-state index in [1.165, 1.54) is 30.3 Å². The number of sulfonamides is 1. The van der Waals surface area contributed by atoms with Gasteiger partial charge in [0.25, 0.3) is 5.91 Å². The maximum atomic E-state index is 13.0. The molecular weight excluding hydrogens is 375 g/mol. The van der Waals surface area contributed by atoms with Gasteiger partial charge in [-0.25, -0.2) is 22.7 Å². The van der Waals surface area contributed by atoms with E-state index in [-0.39, 0.29) is 16.3 Å². The lowest BCUT2D eigenvalue weighted by Gasteiger charge is -2.08. The van der Waals surface area contributed by atoms with Crippen LogP contribution in [0.5, 0.6) is 0 Å². The summed E-state index contributed by atoms with van der Waals surface area (Å²) in [6.45, 7) is -0.650. The molecule has 0 saturated heterocycles.